The molecule has 1 aliphatic rings. The molecule has 43 heavy (non-hydrogen) atoms. The van der Waals surface area contributed by atoms with Gasteiger partial charge in [-0.25, -0.2) is 4.79 Å². The minimum atomic E-state index is -0.622. The summed E-state index contributed by atoms with van der Waals surface area (Å²) in [7, 11) is 0. The van der Waals surface area contributed by atoms with Crippen molar-refractivity contribution in [3.05, 3.63) is 134 Å². The van der Waals surface area contributed by atoms with Gasteiger partial charge in [0.25, 0.3) is 0 Å². The number of carbonyl (C=O) groups excluding carboxylic acids is 1. The molecule has 1 atom stereocenters. The molecule has 0 aliphatic carbocycles. The Morgan fingerprint density at radius 3 is 2.51 bits per heavy atom. The highest BCUT2D eigenvalue weighted by molar-refractivity contribution is 6.30. The number of nitriles is 1. The number of carbonyl (C=O) groups is 1. The lowest BCUT2D eigenvalue weighted by molar-refractivity contribution is 0.0702. The number of hydrogen-bond acceptors (Lipinski definition) is 7. The molecular weight excluding hydrogens is 564 g/mol. The Morgan fingerprint density at radius 2 is 1.74 bits per heavy atom. The van der Waals surface area contributed by atoms with Gasteiger partial charge in [-0.05, 0) is 85.5 Å². The summed E-state index contributed by atoms with van der Waals surface area (Å²) in [4.78, 5) is 13.2. The van der Waals surface area contributed by atoms with Crippen LogP contribution >= 0.6 is 11.6 Å². The first-order chi connectivity index (χ1) is 20.7. The fraction of sp³-hybridized carbons (Fsp3) is 0.143. The fourth-order valence-electron chi connectivity index (χ4n) is 5.20. The van der Waals surface area contributed by atoms with E-state index in [-0.39, 0.29) is 23.0 Å². The molecule has 0 spiro atoms. The third-order valence-corrected chi connectivity index (χ3v) is 7.90. The number of benzene rings is 4. The Hall–Kier alpha value is -5.19. The molecule has 0 bridgehead atoms. The summed E-state index contributed by atoms with van der Waals surface area (Å²) in [6.07, 6.45) is 0. The van der Waals surface area contributed by atoms with Crippen molar-refractivity contribution < 1.29 is 23.4 Å². The maximum absolute atomic E-state index is 13.2. The molecule has 0 radical (unpaired) electrons. The first kappa shape index (κ1) is 28.0. The van der Waals surface area contributed by atoms with Gasteiger partial charge in [-0.2, -0.15) is 5.26 Å². The van der Waals surface area contributed by atoms with Gasteiger partial charge in [0.2, 0.25) is 11.6 Å². The van der Waals surface area contributed by atoms with Gasteiger partial charge in [-0.3, -0.25) is 0 Å². The number of hydrogen-bond donors (Lipinski definition) is 1. The van der Waals surface area contributed by atoms with Crippen molar-refractivity contribution in [2.75, 3.05) is 0 Å². The number of esters is 1. The molecular formula is C35H27ClN2O5. The predicted molar refractivity (Wildman–Crippen MR) is 163 cm³/mol. The molecule has 8 heteroatoms. The number of furan rings is 1. The molecule has 6 rings (SSSR count). The summed E-state index contributed by atoms with van der Waals surface area (Å²) in [6.45, 7) is 6.20. The van der Waals surface area contributed by atoms with Crippen LogP contribution in [-0.4, -0.2) is 5.97 Å². The third kappa shape index (κ3) is 5.41. The van der Waals surface area contributed by atoms with Gasteiger partial charge in [0.05, 0.1) is 5.92 Å². The van der Waals surface area contributed by atoms with Crippen LogP contribution in [-0.2, 0) is 6.61 Å². The molecule has 0 saturated carbocycles. The van der Waals surface area contributed by atoms with E-state index in [2.05, 4.69) is 6.07 Å². The summed E-state index contributed by atoms with van der Waals surface area (Å²) >= 11 is 5.99. The highest BCUT2D eigenvalue weighted by atomic mass is 35.5. The van der Waals surface area contributed by atoms with Gasteiger partial charge in [0.15, 0.2) is 0 Å². The second kappa shape index (κ2) is 11.2. The van der Waals surface area contributed by atoms with E-state index in [4.69, 9.17) is 36.0 Å². The van der Waals surface area contributed by atoms with Gasteiger partial charge in [-0.1, -0.05) is 41.9 Å². The monoisotopic (exact) mass is 590 g/mol. The Bertz CT molecular complexity index is 1970. The van der Waals surface area contributed by atoms with Crippen molar-refractivity contribution >= 4 is 28.5 Å². The summed E-state index contributed by atoms with van der Waals surface area (Å²) in [6, 6.07) is 26.1. The topological polar surface area (TPSA) is 108 Å². The van der Waals surface area contributed by atoms with Crippen LogP contribution in [0.3, 0.4) is 0 Å². The van der Waals surface area contributed by atoms with Crippen LogP contribution in [0.15, 0.2) is 94.7 Å². The van der Waals surface area contributed by atoms with Gasteiger partial charge in [0, 0.05) is 27.6 Å². The smallest absolute Gasteiger partial charge is 0.379 e. The van der Waals surface area contributed by atoms with Gasteiger partial charge < -0.3 is 24.4 Å². The van der Waals surface area contributed by atoms with E-state index in [1.165, 1.54) is 0 Å². The average Bonchev–Trinajstić information content (AvgIpc) is 3.31. The molecule has 0 amide bonds. The van der Waals surface area contributed by atoms with Crippen molar-refractivity contribution in [1.82, 2.24) is 0 Å². The summed E-state index contributed by atoms with van der Waals surface area (Å²) in [5.41, 5.74) is 12.5. The Balaban J connectivity index is 1.27. The van der Waals surface area contributed by atoms with E-state index in [0.717, 1.165) is 27.6 Å². The minimum absolute atomic E-state index is 0.0187. The lowest BCUT2D eigenvalue weighted by Crippen LogP contribution is -2.21. The Kier molecular flexibility index (Phi) is 7.31. The number of nitrogens with two attached hydrogens (primary N) is 1. The Labute approximate surface area is 253 Å². The predicted octanol–water partition coefficient (Wildman–Crippen LogP) is 8.03. The third-order valence-electron chi connectivity index (χ3n) is 7.65. The molecule has 2 N–H and O–H groups in total. The van der Waals surface area contributed by atoms with Gasteiger partial charge in [-0.15, -0.1) is 0 Å². The van der Waals surface area contributed by atoms with Crippen LogP contribution < -0.4 is 19.9 Å². The highest BCUT2D eigenvalue weighted by Gasteiger charge is 2.31. The second-order valence-corrected chi connectivity index (χ2v) is 10.9. The van der Waals surface area contributed by atoms with Crippen LogP contribution in [0, 0.1) is 32.1 Å². The molecule has 0 saturated heterocycles. The molecule has 1 unspecified atom stereocenters. The van der Waals surface area contributed by atoms with Crippen LogP contribution in [0.5, 0.6) is 17.2 Å². The van der Waals surface area contributed by atoms with Crippen LogP contribution in [0.4, 0.5) is 0 Å². The number of nitrogens with zero attached hydrogens (tertiary/aromatic N) is 1. The van der Waals surface area contributed by atoms with E-state index in [9.17, 15) is 10.1 Å². The van der Waals surface area contributed by atoms with Crippen molar-refractivity contribution in [3.63, 3.8) is 0 Å². The normalized spacial score (nSPS) is 14.2. The first-order valence-corrected chi connectivity index (χ1v) is 14.0. The standard InChI is InChI=1S/C35H27ClN2O5/c1-19-13-28-21(3)33(42-30(28)14-20(19)2)35(39)41-26-11-12-27-31(16-26)43-34(38)29(17-37)32(27)23-5-4-6-25(15-23)40-18-22-7-9-24(36)10-8-22/h4-16,32H,18,38H2,1-3H3. The largest absolute Gasteiger partial charge is 0.489 e. The van der Waals surface area contributed by atoms with Crippen LogP contribution in [0.25, 0.3) is 11.0 Å². The van der Waals surface area contributed by atoms with Crippen molar-refractivity contribution in [2.24, 2.45) is 5.73 Å². The van der Waals surface area contributed by atoms with Gasteiger partial charge in [0.1, 0.15) is 41.1 Å². The first-order valence-electron chi connectivity index (χ1n) is 13.6. The molecule has 214 valence electrons. The number of fused-ring (bicyclic) bond motifs is 2. The molecule has 5 aromatic rings. The summed E-state index contributed by atoms with van der Waals surface area (Å²) in [5.74, 6) is 0.251. The highest BCUT2D eigenvalue weighted by Crippen LogP contribution is 2.44. The number of aryl methyl sites for hydroxylation is 3. The van der Waals surface area contributed by atoms with Crippen LogP contribution in [0.1, 0.15) is 49.9 Å². The van der Waals surface area contributed by atoms with Crippen molar-refractivity contribution in [2.45, 2.75) is 33.3 Å². The fourth-order valence-corrected chi connectivity index (χ4v) is 5.32. The zero-order chi connectivity index (χ0) is 30.2. The SMILES string of the molecule is Cc1cc2oc(C(=O)Oc3ccc4c(c3)OC(N)=C(C#N)C4c3cccc(OCc4ccc(Cl)cc4)c3)c(C)c2cc1C. The van der Waals surface area contributed by atoms with E-state index < -0.39 is 11.9 Å². The maximum Gasteiger partial charge on any atom is 0.379 e. The van der Waals surface area contributed by atoms with Crippen molar-refractivity contribution in [3.8, 4) is 23.3 Å². The maximum atomic E-state index is 13.2. The minimum Gasteiger partial charge on any atom is -0.489 e. The number of allylic oxidation sites excluding steroid dienone is 1. The van der Waals surface area contributed by atoms with E-state index in [0.29, 0.717) is 39.8 Å². The molecule has 0 fully saturated rings. The average molecular weight is 591 g/mol. The summed E-state index contributed by atoms with van der Waals surface area (Å²) < 4.78 is 23.4. The lowest BCUT2D eigenvalue weighted by Gasteiger charge is -2.27. The zero-order valence-electron chi connectivity index (χ0n) is 23.7. The molecule has 1 aliphatic heterocycles. The van der Waals surface area contributed by atoms with Crippen LogP contribution in [0.2, 0.25) is 5.02 Å². The lowest BCUT2D eigenvalue weighted by atomic mass is 9.83. The Morgan fingerprint density at radius 1 is 0.977 bits per heavy atom. The van der Waals surface area contributed by atoms with E-state index in [1.807, 2.05) is 81.4 Å². The number of ether oxygens (including phenoxy) is 3. The number of halogens is 1. The molecule has 1 aromatic heterocycles. The summed E-state index contributed by atoms with van der Waals surface area (Å²) in [5, 5.41) is 11.5. The van der Waals surface area contributed by atoms with Gasteiger partial charge >= 0.3 is 5.97 Å². The quantitative estimate of drug-likeness (QED) is 0.157. The molecule has 7 nitrogen and oxygen atoms in total. The zero-order valence-corrected chi connectivity index (χ0v) is 24.5. The van der Waals surface area contributed by atoms with E-state index >= 15 is 0 Å². The van der Waals surface area contributed by atoms with Crippen molar-refractivity contribution in [1.29, 1.82) is 5.26 Å². The number of rotatable bonds is 6. The molecule has 2 heterocycles. The molecule has 4 aromatic carbocycles. The second-order valence-electron chi connectivity index (χ2n) is 10.5. The van der Waals surface area contributed by atoms with E-state index in [1.54, 1.807) is 18.2 Å².